The first kappa shape index (κ1) is 19.2. The lowest BCUT2D eigenvalue weighted by atomic mass is 9.97. The highest BCUT2D eigenvalue weighted by Gasteiger charge is 2.50. The van der Waals surface area contributed by atoms with E-state index in [0.29, 0.717) is 24.7 Å². The van der Waals surface area contributed by atoms with Gasteiger partial charge in [0.15, 0.2) is 0 Å². The summed E-state index contributed by atoms with van der Waals surface area (Å²) in [7, 11) is 0. The van der Waals surface area contributed by atoms with Gasteiger partial charge in [-0.1, -0.05) is 62.2 Å². The van der Waals surface area contributed by atoms with Gasteiger partial charge in [-0.25, -0.2) is 4.99 Å². The first-order valence-corrected chi connectivity index (χ1v) is 10.3. The minimum Gasteiger partial charge on any atom is -0.465 e. The molecule has 0 saturated heterocycles. The van der Waals surface area contributed by atoms with Crippen LogP contribution in [-0.4, -0.2) is 29.0 Å². The SMILES string of the molecule is CCCOC1=NC2(CCCC2)C(=O)N1Cc1ccc(-c2ccccc2C#N)cc1. The highest BCUT2D eigenvalue weighted by Crippen LogP contribution is 2.39. The van der Waals surface area contributed by atoms with E-state index in [2.05, 4.69) is 6.07 Å². The Labute approximate surface area is 171 Å². The summed E-state index contributed by atoms with van der Waals surface area (Å²) in [6, 6.07) is 18.3. The molecule has 5 heteroatoms. The average Bonchev–Trinajstić information content (AvgIpc) is 3.33. The molecular formula is C24H25N3O2. The van der Waals surface area contributed by atoms with Crippen LogP contribution in [-0.2, 0) is 16.1 Å². The molecule has 0 bridgehead atoms. The first-order chi connectivity index (χ1) is 14.2. The van der Waals surface area contributed by atoms with Crippen molar-refractivity contribution in [1.29, 1.82) is 5.26 Å². The summed E-state index contributed by atoms with van der Waals surface area (Å²) < 4.78 is 5.84. The summed E-state index contributed by atoms with van der Waals surface area (Å²) >= 11 is 0. The number of rotatable bonds is 5. The van der Waals surface area contributed by atoms with E-state index in [4.69, 9.17) is 9.73 Å². The number of carbonyl (C=O) groups is 1. The van der Waals surface area contributed by atoms with Crippen molar-refractivity contribution in [3.05, 3.63) is 59.7 Å². The van der Waals surface area contributed by atoms with E-state index in [1.165, 1.54) is 0 Å². The van der Waals surface area contributed by atoms with Gasteiger partial charge in [0.25, 0.3) is 11.9 Å². The van der Waals surface area contributed by atoms with E-state index in [9.17, 15) is 10.1 Å². The first-order valence-electron chi connectivity index (χ1n) is 10.3. The number of amidine groups is 1. The van der Waals surface area contributed by atoms with Crippen molar-refractivity contribution in [2.45, 2.75) is 51.1 Å². The van der Waals surface area contributed by atoms with Gasteiger partial charge in [-0.05, 0) is 42.0 Å². The second-order valence-corrected chi connectivity index (χ2v) is 7.73. The zero-order valence-corrected chi connectivity index (χ0v) is 16.7. The van der Waals surface area contributed by atoms with Gasteiger partial charge in [-0.15, -0.1) is 0 Å². The summed E-state index contributed by atoms with van der Waals surface area (Å²) in [5, 5.41) is 9.33. The second-order valence-electron chi connectivity index (χ2n) is 7.73. The number of hydrogen-bond acceptors (Lipinski definition) is 4. The molecule has 5 nitrogen and oxygen atoms in total. The number of aliphatic imine (C=N–C) groups is 1. The number of nitriles is 1. The molecule has 0 aromatic heterocycles. The molecule has 0 radical (unpaired) electrons. The topological polar surface area (TPSA) is 65.7 Å². The molecule has 0 N–H and O–H groups in total. The Kier molecular flexibility index (Phi) is 5.35. The molecule has 0 unspecified atom stereocenters. The van der Waals surface area contributed by atoms with Crippen LogP contribution in [0.25, 0.3) is 11.1 Å². The van der Waals surface area contributed by atoms with Gasteiger partial charge in [0.1, 0.15) is 5.54 Å². The van der Waals surface area contributed by atoms with Crippen molar-refractivity contribution in [3.8, 4) is 17.2 Å². The third-order valence-electron chi connectivity index (χ3n) is 5.70. The Hall–Kier alpha value is -3.13. The monoisotopic (exact) mass is 387 g/mol. The predicted molar refractivity (Wildman–Crippen MR) is 112 cm³/mol. The van der Waals surface area contributed by atoms with Crippen LogP contribution in [0.1, 0.15) is 50.2 Å². The van der Waals surface area contributed by atoms with E-state index in [0.717, 1.165) is 48.8 Å². The van der Waals surface area contributed by atoms with E-state index in [1.807, 2.05) is 55.5 Å². The van der Waals surface area contributed by atoms with Crippen LogP contribution in [0.5, 0.6) is 0 Å². The molecule has 1 amide bonds. The maximum absolute atomic E-state index is 13.2. The fraction of sp³-hybridized carbons (Fsp3) is 0.375. The summed E-state index contributed by atoms with van der Waals surface area (Å²) in [6.07, 6.45) is 4.58. The van der Waals surface area contributed by atoms with Crippen LogP contribution in [0.4, 0.5) is 0 Å². The maximum atomic E-state index is 13.2. The van der Waals surface area contributed by atoms with Crippen LogP contribution in [0.2, 0.25) is 0 Å². The van der Waals surface area contributed by atoms with Gasteiger partial charge in [-0.2, -0.15) is 5.26 Å². The van der Waals surface area contributed by atoms with Crippen LogP contribution in [0, 0.1) is 11.3 Å². The van der Waals surface area contributed by atoms with Crippen LogP contribution < -0.4 is 0 Å². The molecule has 1 heterocycles. The van der Waals surface area contributed by atoms with E-state index >= 15 is 0 Å². The number of benzene rings is 2. The summed E-state index contributed by atoms with van der Waals surface area (Å²) in [6.45, 7) is 3.05. The van der Waals surface area contributed by atoms with E-state index in [-0.39, 0.29) is 5.91 Å². The summed E-state index contributed by atoms with van der Waals surface area (Å²) in [5.41, 5.74) is 2.97. The average molecular weight is 387 g/mol. The van der Waals surface area contributed by atoms with Crippen molar-refractivity contribution in [1.82, 2.24) is 4.90 Å². The minimum atomic E-state index is -0.602. The lowest BCUT2D eigenvalue weighted by molar-refractivity contribution is -0.131. The molecule has 1 saturated carbocycles. The molecule has 2 aromatic rings. The number of amides is 1. The van der Waals surface area contributed by atoms with Crippen LogP contribution >= 0.6 is 0 Å². The Morgan fingerprint density at radius 3 is 2.55 bits per heavy atom. The lowest BCUT2D eigenvalue weighted by Crippen LogP contribution is -2.41. The fourth-order valence-corrected chi connectivity index (χ4v) is 4.16. The van der Waals surface area contributed by atoms with Gasteiger partial charge in [0, 0.05) is 0 Å². The predicted octanol–water partition coefficient (Wildman–Crippen LogP) is 4.66. The molecular weight excluding hydrogens is 362 g/mol. The number of hydrogen-bond donors (Lipinski definition) is 0. The standard InChI is InChI=1S/C24H25N3O2/c1-2-15-29-23-26-24(13-5-6-14-24)22(28)27(23)17-18-9-11-19(12-10-18)21-8-4-3-7-20(21)16-25/h3-4,7-12H,2,5-6,13-15,17H2,1H3. The van der Waals surface area contributed by atoms with Crippen molar-refractivity contribution in [2.24, 2.45) is 4.99 Å². The third kappa shape index (κ3) is 3.63. The zero-order chi connectivity index (χ0) is 20.3. The summed E-state index contributed by atoms with van der Waals surface area (Å²) in [4.78, 5) is 19.6. The van der Waals surface area contributed by atoms with Crippen molar-refractivity contribution < 1.29 is 9.53 Å². The molecule has 2 aromatic carbocycles. The molecule has 1 aliphatic heterocycles. The molecule has 1 spiro atoms. The van der Waals surface area contributed by atoms with Gasteiger partial charge in [0.2, 0.25) is 0 Å². The fourth-order valence-electron chi connectivity index (χ4n) is 4.16. The highest BCUT2D eigenvalue weighted by molar-refractivity contribution is 6.05. The Morgan fingerprint density at radius 1 is 1.14 bits per heavy atom. The normalized spacial score (nSPS) is 17.4. The van der Waals surface area contributed by atoms with Gasteiger partial charge in [-0.3, -0.25) is 9.69 Å². The maximum Gasteiger partial charge on any atom is 0.295 e. The van der Waals surface area contributed by atoms with Crippen LogP contribution in [0.3, 0.4) is 0 Å². The number of ether oxygens (including phenoxy) is 1. The second kappa shape index (κ2) is 8.08. The molecule has 0 atom stereocenters. The number of carbonyl (C=O) groups excluding carboxylic acids is 1. The Bertz CT molecular complexity index is 966. The summed E-state index contributed by atoms with van der Waals surface area (Å²) in [5.74, 6) is 0.0694. The molecule has 2 aliphatic rings. The third-order valence-corrected chi connectivity index (χ3v) is 5.70. The molecule has 1 aliphatic carbocycles. The van der Waals surface area contributed by atoms with Crippen LogP contribution in [0.15, 0.2) is 53.5 Å². The Morgan fingerprint density at radius 2 is 1.86 bits per heavy atom. The molecule has 148 valence electrons. The van der Waals surface area contributed by atoms with E-state index < -0.39 is 5.54 Å². The minimum absolute atomic E-state index is 0.0694. The number of nitrogens with zero attached hydrogens (tertiary/aromatic N) is 3. The van der Waals surface area contributed by atoms with Gasteiger partial charge in [0.05, 0.1) is 24.8 Å². The Balaban J connectivity index is 1.56. The van der Waals surface area contributed by atoms with Crippen molar-refractivity contribution >= 4 is 11.9 Å². The lowest BCUT2D eigenvalue weighted by Gasteiger charge is -2.22. The highest BCUT2D eigenvalue weighted by atomic mass is 16.5. The van der Waals surface area contributed by atoms with Gasteiger partial charge >= 0.3 is 0 Å². The largest absolute Gasteiger partial charge is 0.465 e. The van der Waals surface area contributed by atoms with E-state index in [1.54, 1.807) is 4.90 Å². The van der Waals surface area contributed by atoms with Gasteiger partial charge < -0.3 is 4.74 Å². The zero-order valence-electron chi connectivity index (χ0n) is 16.7. The smallest absolute Gasteiger partial charge is 0.295 e. The molecule has 29 heavy (non-hydrogen) atoms. The van der Waals surface area contributed by atoms with Crippen molar-refractivity contribution in [2.75, 3.05) is 6.61 Å². The molecule has 4 rings (SSSR count). The van der Waals surface area contributed by atoms with Crippen molar-refractivity contribution in [3.63, 3.8) is 0 Å². The quantitative estimate of drug-likeness (QED) is 0.749. The molecule has 1 fully saturated rings.